The molecule has 6 nitrogen and oxygen atoms in total. The Hall–Kier alpha value is -2.47. The molecule has 0 aliphatic heterocycles. The van der Waals surface area contributed by atoms with Crippen LogP contribution in [0.4, 0.5) is 5.95 Å². The van der Waals surface area contributed by atoms with Crippen LogP contribution in [0, 0.1) is 0 Å². The van der Waals surface area contributed by atoms with Gasteiger partial charge in [0.2, 0.25) is 5.95 Å². The highest BCUT2D eigenvalue weighted by Gasteiger charge is 2.13. The van der Waals surface area contributed by atoms with Crippen molar-refractivity contribution in [2.24, 2.45) is 5.84 Å². The highest BCUT2D eigenvalue weighted by atomic mass is 16.3. The maximum atomic E-state index is 9.67. The van der Waals surface area contributed by atoms with E-state index in [2.05, 4.69) is 21.5 Å². The molecule has 0 aliphatic carbocycles. The van der Waals surface area contributed by atoms with Crippen molar-refractivity contribution in [3.05, 3.63) is 42.5 Å². The zero-order chi connectivity index (χ0) is 14.5. The molecule has 1 aromatic heterocycles. The highest BCUT2D eigenvalue weighted by Crippen LogP contribution is 2.23. The number of benzene rings is 1. The number of rotatable bonds is 5. The number of aromatic hydroxyl groups is 1. The van der Waals surface area contributed by atoms with Crippen LogP contribution in [-0.2, 0) is 6.42 Å². The van der Waals surface area contributed by atoms with Gasteiger partial charge in [-0.3, -0.25) is 5.01 Å². The third kappa shape index (κ3) is 2.92. The predicted octanol–water partition coefficient (Wildman–Crippen LogP) is 1.67. The standard InChI is InChI=1S/C14H17N5O/c1-3-9-19(15)13-16-12(17-14(20)18-13)11-8-6-5-7-10(11)4-2/h3,5-8H,1,4,9,15H2,2H3,(H,16,17,18,20). The van der Waals surface area contributed by atoms with Gasteiger partial charge in [0.1, 0.15) is 0 Å². The second kappa shape index (κ2) is 6.12. The minimum absolute atomic E-state index is 0.207. The summed E-state index contributed by atoms with van der Waals surface area (Å²) in [4.78, 5) is 12.1. The Kier molecular flexibility index (Phi) is 4.27. The lowest BCUT2D eigenvalue weighted by molar-refractivity contribution is 0.428. The molecule has 0 unspecified atom stereocenters. The van der Waals surface area contributed by atoms with E-state index in [4.69, 9.17) is 5.84 Å². The van der Waals surface area contributed by atoms with Gasteiger partial charge in [0, 0.05) is 5.56 Å². The Morgan fingerprint density at radius 1 is 1.30 bits per heavy atom. The Labute approximate surface area is 117 Å². The molecule has 0 saturated heterocycles. The summed E-state index contributed by atoms with van der Waals surface area (Å²) in [5.41, 5.74) is 1.96. The second-order valence-corrected chi connectivity index (χ2v) is 4.21. The maximum Gasteiger partial charge on any atom is 0.319 e. The highest BCUT2D eigenvalue weighted by molar-refractivity contribution is 5.61. The molecule has 0 atom stereocenters. The quantitative estimate of drug-likeness (QED) is 0.488. The van der Waals surface area contributed by atoms with Crippen molar-refractivity contribution in [1.82, 2.24) is 15.0 Å². The molecular weight excluding hydrogens is 254 g/mol. The summed E-state index contributed by atoms with van der Waals surface area (Å²) in [6, 6.07) is 7.41. The molecule has 1 heterocycles. The van der Waals surface area contributed by atoms with E-state index >= 15 is 0 Å². The predicted molar refractivity (Wildman–Crippen MR) is 78.0 cm³/mol. The molecule has 0 saturated carbocycles. The summed E-state index contributed by atoms with van der Waals surface area (Å²) in [7, 11) is 0. The van der Waals surface area contributed by atoms with E-state index in [9.17, 15) is 5.11 Å². The molecule has 20 heavy (non-hydrogen) atoms. The van der Waals surface area contributed by atoms with Gasteiger partial charge in [-0.25, -0.2) is 5.84 Å². The number of aromatic nitrogens is 3. The van der Waals surface area contributed by atoms with Crippen molar-refractivity contribution in [1.29, 1.82) is 0 Å². The first-order valence-electron chi connectivity index (χ1n) is 6.32. The minimum Gasteiger partial charge on any atom is -0.479 e. The van der Waals surface area contributed by atoms with Crippen LogP contribution in [0.1, 0.15) is 12.5 Å². The van der Waals surface area contributed by atoms with E-state index in [0.717, 1.165) is 17.5 Å². The van der Waals surface area contributed by atoms with E-state index in [1.165, 1.54) is 5.01 Å². The molecule has 0 fully saturated rings. The maximum absolute atomic E-state index is 9.67. The Morgan fingerprint density at radius 2 is 2.05 bits per heavy atom. The molecule has 6 heteroatoms. The fraction of sp³-hybridized carbons (Fsp3) is 0.214. The van der Waals surface area contributed by atoms with E-state index < -0.39 is 0 Å². The van der Waals surface area contributed by atoms with Gasteiger partial charge in [-0.1, -0.05) is 37.3 Å². The molecular formula is C14H17N5O. The topological polar surface area (TPSA) is 88.2 Å². The van der Waals surface area contributed by atoms with Crippen LogP contribution in [0.2, 0.25) is 0 Å². The third-order valence-electron chi connectivity index (χ3n) is 2.83. The van der Waals surface area contributed by atoms with Crippen LogP contribution in [0.25, 0.3) is 11.4 Å². The lowest BCUT2D eigenvalue weighted by Gasteiger charge is -2.15. The summed E-state index contributed by atoms with van der Waals surface area (Å²) >= 11 is 0. The molecule has 2 rings (SSSR count). The summed E-state index contributed by atoms with van der Waals surface area (Å²) in [5.74, 6) is 6.40. The first kappa shape index (κ1) is 14.0. The first-order chi connectivity index (χ1) is 9.65. The van der Waals surface area contributed by atoms with Gasteiger partial charge in [0.25, 0.3) is 0 Å². The molecule has 2 aromatic rings. The summed E-state index contributed by atoms with van der Waals surface area (Å²) < 4.78 is 0. The van der Waals surface area contributed by atoms with Crippen LogP contribution in [0.3, 0.4) is 0 Å². The van der Waals surface area contributed by atoms with Crippen molar-refractivity contribution in [2.75, 3.05) is 11.6 Å². The van der Waals surface area contributed by atoms with Crippen molar-refractivity contribution in [2.45, 2.75) is 13.3 Å². The smallest absolute Gasteiger partial charge is 0.319 e. The average molecular weight is 271 g/mol. The van der Waals surface area contributed by atoms with Gasteiger partial charge in [-0.15, -0.1) is 6.58 Å². The second-order valence-electron chi connectivity index (χ2n) is 4.21. The van der Waals surface area contributed by atoms with Crippen LogP contribution >= 0.6 is 0 Å². The van der Waals surface area contributed by atoms with Gasteiger partial charge in [-0.2, -0.15) is 15.0 Å². The third-order valence-corrected chi connectivity index (χ3v) is 2.83. The Morgan fingerprint density at radius 3 is 2.75 bits per heavy atom. The van der Waals surface area contributed by atoms with Gasteiger partial charge in [0.05, 0.1) is 6.54 Å². The van der Waals surface area contributed by atoms with E-state index in [1.807, 2.05) is 31.2 Å². The van der Waals surface area contributed by atoms with Crippen molar-refractivity contribution < 1.29 is 5.11 Å². The van der Waals surface area contributed by atoms with E-state index in [0.29, 0.717) is 12.4 Å². The Balaban J connectivity index is 2.49. The number of nitrogens with zero attached hydrogens (tertiary/aromatic N) is 4. The Bertz CT molecular complexity index is 614. The fourth-order valence-electron chi connectivity index (χ4n) is 1.87. The lowest BCUT2D eigenvalue weighted by atomic mass is 10.1. The first-order valence-corrected chi connectivity index (χ1v) is 6.32. The molecule has 3 N–H and O–H groups in total. The van der Waals surface area contributed by atoms with Gasteiger partial charge in [0.15, 0.2) is 5.82 Å². The average Bonchev–Trinajstić information content (AvgIpc) is 2.46. The molecule has 0 radical (unpaired) electrons. The number of anilines is 1. The number of hydrogen-bond acceptors (Lipinski definition) is 6. The SMILES string of the molecule is C=CCN(N)c1nc(O)nc(-c2ccccc2CC)n1. The molecule has 104 valence electrons. The van der Waals surface area contributed by atoms with Gasteiger partial charge >= 0.3 is 6.01 Å². The lowest BCUT2D eigenvalue weighted by Crippen LogP contribution is -2.32. The molecule has 0 spiro atoms. The summed E-state index contributed by atoms with van der Waals surface area (Å²) in [5, 5.41) is 11.0. The number of hydrogen-bond donors (Lipinski definition) is 2. The van der Waals surface area contributed by atoms with Gasteiger partial charge in [-0.05, 0) is 12.0 Å². The van der Waals surface area contributed by atoms with Crippen molar-refractivity contribution in [3.8, 4) is 17.4 Å². The number of hydrazine groups is 1. The van der Waals surface area contributed by atoms with Crippen LogP contribution in [0.5, 0.6) is 6.01 Å². The largest absolute Gasteiger partial charge is 0.479 e. The zero-order valence-corrected chi connectivity index (χ0v) is 11.3. The van der Waals surface area contributed by atoms with Crippen LogP contribution < -0.4 is 10.9 Å². The molecule has 0 bridgehead atoms. The van der Waals surface area contributed by atoms with Crippen molar-refractivity contribution in [3.63, 3.8) is 0 Å². The van der Waals surface area contributed by atoms with E-state index in [-0.39, 0.29) is 12.0 Å². The van der Waals surface area contributed by atoms with Crippen molar-refractivity contribution >= 4 is 5.95 Å². The molecule has 0 aliphatic rings. The van der Waals surface area contributed by atoms with E-state index in [1.54, 1.807) is 6.08 Å². The van der Waals surface area contributed by atoms with Crippen LogP contribution in [-0.4, -0.2) is 26.6 Å². The zero-order valence-electron chi connectivity index (χ0n) is 11.3. The fourth-order valence-corrected chi connectivity index (χ4v) is 1.87. The normalized spacial score (nSPS) is 10.3. The monoisotopic (exact) mass is 271 g/mol. The molecule has 0 amide bonds. The minimum atomic E-state index is -0.351. The number of aryl methyl sites for hydroxylation is 1. The van der Waals surface area contributed by atoms with Gasteiger partial charge < -0.3 is 5.11 Å². The summed E-state index contributed by atoms with van der Waals surface area (Å²) in [6.07, 6.45) is 2.47. The number of nitrogens with two attached hydrogens (primary N) is 1. The van der Waals surface area contributed by atoms with Crippen LogP contribution in [0.15, 0.2) is 36.9 Å². The molecule has 1 aromatic carbocycles. The summed E-state index contributed by atoms with van der Waals surface area (Å²) in [6.45, 7) is 6.02.